The average molecular weight is 647 g/mol. The van der Waals surface area contributed by atoms with Gasteiger partial charge in [-0.2, -0.15) is 0 Å². The van der Waals surface area contributed by atoms with Gasteiger partial charge in [0.05, 0.1) is 17.9 Å². The average Bonchev–Trinajstić information content (AvgIpc) is 3.79. The molecule has 0 unspecified atom stereocenters. The molecule has 46 heavy (non-hydrogen) atoms. The maximum absolute atomic E-state index is 15.0. The number of nitrogens with one attached hydrogen (secondary N) is 1. The third-order valence-electron chi connectivity index (χ3n) is 8.23. The van der Waals surface area contributed by atoms with E-state index in [0.717, 1.165) is 11.6 Å². The van der Waals surface area contributed by atoms with Crippen LogP contribution in [-0.4, -0.2) is 101 Å². The lowest BCUT2D eigenvalue weighted by atomic mass is 9.83. The highest BCUT2D eigenvalue weighted by molar-refractivity contribution is 5.97. The summed E-state index contributed by atoms with van der Waals surface area (Å²) in [6.07, 6.45) is -7.29. The van der Waals surface area contributed by atoms with Gasteiger partial charge in [-0.1, -0.05) is 17.3 Å². The molecule has 2 aromatic rings. The second-order valence-electron chi connectivity index (χ2n) is 11.5. The third-order valence-corrected chi connectivity index (χ3v) is 8.23. The largest absolute Gasteiger partial charge is 0.462 e. The van der Waals surface area contributed by atoms with Crippen LogP contribution >= 0.6 is 0 Å². The number of amides is 1. The van der Waals surface area contributed by atoms with Crippen LogP contribution in [0.15, 0.2) is 47.1 Å². The normalized spacial score (nSPS) is 32.3. The number of fused-ring (bicyclic) bond motifs is 2. The summed E-state index contributed by atoms with van der Waals surface area (Å²) in [5.74, 6) is -0.218. The van der Waals surface area contributed by atoms with Gasteiger partial charge in [0.25, 0.3) is 0 Å². The Balaban J connectivity index is 1.02. The van der Waals surface area contributed by atoms with Crippen LogP contribution < -0.4 is 19.5 Å². The molecule has 3 aliphatic heterocycles. The van der Waals surface area contributed by atoms with E-state index in [1.807, 2.05) is 6.07 Å². The van der Waals surface area contributed by atoms with Gasteiger partial charge in [0.1, 0.15) is 50.0 Å². The van der Waals surface area contributed by atoms with Crippen LogP contribution in [0.5, 0.6) is 17.2 Å². The number of carbonyl (C=O) groups is 1. The number of hydrogen-bond donors (Lipinski definition) is 5. The lowest BCUT2D eigenvalue weighted by Gasteiger charge is -2.41. The van der Waals surface area contributed by atoms with Crippen LogP contribution in [-0.2, 0) is 30.4 Å². The van der Waals surface area contributed by atoms with Crippen molar-refractivity contribution in [3.63, 3.8) is 0 Å². The third kappa shape index (κ3) is 6.66. The molecule has 0 aromatic heterocycles. The molecule has 4 aliphatic rings. The SMILES string of the molecule is C/C(=C\c1ccc(O[C@H]2C[C@H](O)[C@@H](/C(C)=N/OCc3ccc4c(c3)OCO4)O2)c(F)c1)C(=O)N[C@@H]1[C@H](O)[C@@H](O)[C@H]2OCO[C@H]2[C@@H]1O. The molecule has 1 amide bonds. The van der Waals surface area contributed by atoms with Gasteiger partial charge in [-0.05, 0) is 55.3 Å². The van der Waals surface area contributed by atoms with Crippen molar-refractivity contribution in [2.24, 2.45) is 5.16 Å². The van der Waals surface area contributed by atoms with Crippen LogP contribution in [0.1, 0.15) is 31.4 Å². The van der Waals surface area contributed by atoms with Gasteiger partial charge in [0, 0.05) is 12.0 Å². The number of hydrogen-bond acceptors (Lipinski definition) is 13. The Labute approximate surface area is 262 Å². The highest BCUT2D eigenvalue weighted by Gasteiger charge is 2.53. The van der Waals surface area contributed by atoms with Crippen molar-refractivity contribution in [1.82, 2.24) is 5.32 Å². The Morgan fingerprint density at radius 3 is 2.54 bits per heavy atom. The Hall–Kier alpha value is -3.83. The summed E-state index contributed by atoms with van der Waals surface area (Å²) in [7, 11) is 0. The number of rotatable bonds is 9. The second-order valence-corrected chi connectivity index (χ2v) is 11.5. The van der Waals surface area contributed by atoms with Crippen LogP contribution in [0.4, 0.5) is 4.39 Å². The van der Waals surface area contributed by atoms with E-state index in [4.69, 9.17) is 33.3 Å². The molecular formula is C31H35FN2O12. The van der Waals surface area contributed by atoms with Crippen LogP contribution in [0.2, 0.25) is 0 Å². The Morgan fingerprint density at radius 1 is 1.00 bits per heavy atom. The van der Waals surface area contributed by atoms with Crippen LogP contribution in [0.3, 0.4) is 0 Å². The van der Waals surface area contributed by atoms with E-state index in [1.165, 1.54) is 25.1 Å². The minimum absolute atomic E-state index is 0.0619. The zero-order valence-corrected chi connectivity index (χ0v) is 24.9. The molecule has 0 bridgehead atoms. The zero-order valence-electron chi connectivity index (χ0n) is 24.9. The Kier molecular flexibility index (Phi) is 9.42. The van der Waals surface area contributed by atoms with E-state index < -0.39 is 66.8 Å². The summed E-state index contributed by atoms with van der Waals surface area (Å²) in [6, 6.07) is 8.23. The number of halogens is 1. The zero-order chi connectivity index (χ0) is 32.5. The fourth-order valence-electron chi connectivity index (χ4n) is 5.76. The van der Waals surface area contributed by atoms with Gasteiger partial charge in [-0.25, -0.2) is 4.39 Å². The number of ether oxygens (including phenoxy) is 6. The molecular weight excluding hydrogens is 611 g/mol. The Morgan fingerprint density at radius 2 is 1.76 bits per heavy atom. The molecule has 15 heteroatoms. The summed E-state index contributed by atoms with van der Waals surface area (Å²) in [4.78, 5) is 18.3. The molecule has 5 N–H and O–H groups in total. The van der Waals surface area contributed by atoms with E-state index in [2.05, 4.69) is 10.5 Å². The van der Waals surface area contributed by atoms with Crippen molar-refractivity contribution in [3.05, 3.63) is 58.9 Å². The molecule has 6 rings (SSSR count). The quantitative estimate of drug-likeness (QED) is 0.146. The van der Waals surface area contributed by atoms with Crippen molar-refractivity contribution in [2.75, 3.05) is 13.6 Å². The lowest BCUT2D eigenvalue weighted by molar-refractivity contribution is -0.155. The molecule has 14 nitrogen and oxygen atoms in total. The van der Waals surface area contributed by atoms with Gasteiger partial charge >= 0.3 is 0 Å². The number of oxime groups is 1. The molecule has 1 aliphatic carbocycles. The molecule has 3 fully saturated rings. The van der Waals surface area contributed by atoms with Gasteiger partial charge in [0.2, 0.25) is 19.0 Å². The van der Waals surface area contributed by atoms with Gasteiger partial charge in [-0.3, -0.25) is 4.79 Å². The summed E-state index contributed by atoms with van der Waals surface area (Å²) in [6.45, 7) is 3.29. The van der Waals surface area contributed by atoms with Gasteiger partial charge in [-0.15, -0.1) is 0 Å². The summed E-state index contributed by atoms with van der Waals surface area (Å²) >= 11 is 0. The molecule has 0 radical (unpaired) electrons. The fraction of sp³-hybridized carbons (Fsp3) is 0.484. The lowest BCUT2D eigenvalue weighted by Crippen LogP contribution is -2.67. The Bertz CT molecular complexity index is 1500. The second kappa shape index (κ2) is 13.5. The van der Waals surface area contributed by atoms with Gasteiger partial charge < -0.3 is 59.0 Å². The molecule has 2 aromatic carbocycles. The predicted octanol–water partition coefficient (Wildman–Crippen LogP) is 0.728. The minimum atomic E-state index is -1.50. The van der Waals surface area contributed by atoms with Crippen molar-refractivity contribution < 1.29 is 62.9 Å². The topological polar surface area (TPSA) is 187 Å². The van der Waals surface area contributed by atoms with Gasteiger partial charge in [0.15, 0.2) is 23.1 Å². The van der Waals surface area contributed by atoms with Crippen molar-refractivity contribution in [3.8, 4) is 17.2 Å². The summed E-state index contributed by atoms with van der Waals surface area (Å²) in [5, 5.41) is 48.4. The first-order valence-corrected chi connectivity index (χ1v) is 14.7. The fourth-order valence-corrected chi connectivity index (χ4v) is 5.76. The van der Waals surface area contributed by atoms with Crippen molar-refractivity contribution >= 4 is 17.7 Å². The maximum atomic E-state index is 15.0. The first-order chi connectivity index (χ1) is 22.1. The van der Waals surface area contributed by atoms with Crippen molar-refractivity contribution in [1.29, 1.82) is 0 Å². The monoisotopic (exact) mass is 646 g/mol. The summed E-state index contributed by atoms with van der Waals surface area (Å²) < 4.78 is 47.6. The maximum Gasteiger partial charge on any atom is 0.247 e. The number of benzene rings is 2. The highest BCUT2D eigenvalue weighted by Crippen LogP contribution is 2.33. The van der Waals surface area contributed by atoms with E-state index in [1.54, 1.807) is 19.1 Å². The molecule has 0 spiro atoms. The number of aliphatic hydroxyl groups is 4. The van der Waals surface area contributed by atoms with Crippen LogP contribution in [0, 0.1) is 5.82 Å². The predicted molar refractivity (Wildman–Crippen MR) is 155 cm³/mol. The van der Waals surface area contributed by atoms with E-state index in [9.17, 15) is 25.2 Å². The number of carbonyl (C=O) groups excluding carboxylic acids is 1. The van der Waals surface area contributed by atoms with E-state index >= 15 is 4.39 Å². The van der Waals surface area contributed by atoms with E-state index in [-0.39, 0.29) is 37.9 Å². The first-order valence-electron chi connectivity index (χ1n) is 14.7. The van der Waals surface area contributed by atoms with E-state index in [0.29, 0.717) is 22.8 Å². The number of aliphatic hydroxyl groups excluding tert-OH is 4. The highest BCUT2D eigenvalue weighted by atomic mass is 19.1. The standard InChI is InChI=1S/C31H35FN2O12/c1-14(31(39)33-24-25(36)27(38)30-29(26(24)37)42-13-43-30)7-16-3-5-20(18(32)8-16)45-23-10-19(35)28(46-23)15(2)34-44-11-17-4-6-21-22(9-17)41-12-40-21/h3-9,19,23-30,35-38H,10-13H2,1-2H3,(H,33,39)/b14-7+,34-15+/t19-,23+,24+,25-,26+,27+,28+,29-,30+/m0/s1. The summed E-state index contributed by atoms with van der Waals surface area (Å²) in [5.41, 5.74) is 1.67. The molecule has 3 heterocycles. The first kappa shape index (κ1) is 32.1. The molecule has 248 valence electrons. The smallest absolute Gasteiger partial charge is 0.247 e. The minimum Gasteiger partial charge on any atom is -0.462 e. The van der Waals surface area contributed by atoms with Crippen molar-refractivity contribution in [2.45, 2.75) is 81.9 Å². The number of nitrogens with zero attached hydrogens (tertiary/aromatic N) is 1. The molecule has 9 atom stereocenters. The molecule has 2 saturated heterocycles. The van der Waals surface area contributed by atoms with Crippen LogP contribution in [0.25, 0.3) is 6.08 Å². The molecule has 1 saturated carbocycles.